The van der Waals surface area contributed by atoms with Crippen LogP contribution in [-0.4, -0.2) is 9.97 Å². The second kappa shape index (κ2) is 5.46. The van der Waals surface area contributed by atoms with Crippen molar-refractivity contribution in [2.24, 2.45) is 0 Å². The molecule has 0 saturated carbocycles. The fourth-order valence-electron chi connectivity index (χ4n) is 1.46. The van der Waals surface area contributed by atoms with Crippen molar-refractivity contribution >= 4 is 11.8 Å². The third-order valence-electron chi connectivity index (χ3n) is 2.23. The van der Waals surface area contributed by atoms with E-state index >= 15 is 0 Å². The number of benzene rings is 1. The number of nitrogens with zero attached hydrogens (tertiary/aromatic N) is 3. The van der Waals surface area contributed by atoms with Crippen molar-refractivity contribution in [2.45, 2.75) is 17.7 Å². The summed E-state index contributed by atoms with van der Waals surface area (Å²) in [6.45, 7) is 2.07. The maximum atomic E-state index is 8.89. The van der Waals surface area contributed by atoms with Crippen LogP contribution in [0.4, 0.5) is 0 Å². The standard InChI is InChI=1S/C13H11N3S/c1-10-3-2-4-11(7-10)9-17-13-12(8-14)15-5-6-16-13/h2-7H,9H2,1H3. The van der Waals surface area contributed by atoms with E-state index < -0.39 is 0 Å². The molecule has 3 nitrogen and oxygen atoms in total. The minimum Gasteiger partial charge on any atom is -0.245 e. The van der Waals surface area contributed by atoms with Crippen molar-refractivity contribution in [1.29, 1.82) is 5.26 Å². The van der Waals surface area contributed by atoms with E-state index in [0.29, 0.717) is 10.7 Å². The van der Waals surface area contributed by atoms with Crippen molar-refractivity contribution in [3.63, 3.8) is 0 Å². The Morgan fingerprint density at radius 2 is 2.12 bits per heavy atom. The Labute approximate surface area is 105 Å². The lowest BCUT2D eigenvalue weighted by molar-refractivity contribution is 1.02. The average molecular weight is 241 g/mol. The van der Waals surface area contributed by atoms with Gasteiger partial charge in [0, 0.05) is 18.1 Å². The minimum atomic E-state index is 0.394. The van der Waals surface area contributed by atoms with E-state index in [9.17, 15) is 0 Å². The molecule has 1 aromatic carbocycles. The van der Waals surface area contributed by atoms with Crippen LogP contribution < -0.4 is 0 Å². The molecule has 0 fully saturated rings. The minimum absolute atomic E-state index is 0.394. The van der Waals surface area contributed by atoms with E-state index in [1.54, 1.807) is 6.20 Å². The van der Waals surface area contributed by atoms with E-state index in [1.807, 2.05) is 12.1 Å². The Morgan fingerprint density at radius 3 is 2.88 bits per heavy atom. The van der Waals surface area contributed by atoms with E-state index in [4.69, 9.17) is 5.26 Å². The summed E-state index contributed by atoms with van der Waals surface area (Å²) in [5.74, 6) is 0.801. The van der Waals surface area contributed by atoms with Crippen LogP contribution in [0, 0.1) is 18.3 Å². The Balaban J connectivity index is 2.10. The van der Waals surface area contributed by atoms with Gasteiger partial charge in [0.05, 0.1) is 0 Å². The highest BCUT2D eigenvalue weighted by Gasteiger charge is 2.05. The van der Waals surface area contributed by atoms with Crippen molar-refractivity contribution < 1.29 is 0 Å². The molecule has 17 heavy (non-hydrogen) atoms. The summed E-state index contributed by atoms with van der Waals surface area (Å²) in [7, 11) is 0. The number of nitriles is 1. The van der Waals surface area contributed by atoms with Crippen molar-refractivity contribution in [1.82, 2.24) is 9.97 Å². The van der Waals surface area contributed by atoms with Gasteiger partial charge in [-0.25, -0.2) is 9.97 Å². The number of thioether (sulfide) groups is 1. The number of aromatic nitrogens is 2. The van der Waals surface area contributed by atoms with Crippen LogP contribution >= 0.6 is 11.8 Å². The second-order valence-corrected chi connectivity index (χ2v) is 4.56. The van der Waals surface area contributed by atoms with Crippen LogP contribution in [0.25, 0.3) is 0 Å². The summed E-state index contributed by atoms with van der Waals surface area (Å²) in [5, 5.41) is 9.59. The van der Waals surface area contributed by atoms with Gasteiger partial charge in [0.2, 0.25) is 0 Å². The highest BCUT2D eigenvalue weighted by atomic mass is 32.2. The summed E-state index contributed by atoms with van der Waals surface area (Å²) in [5.41, 5.74) is 2.86. The summed E-state index contributed by atoms with van der Waals surface area (Å²) in [6, 6.07) is 10.4. The molecule has 0 spiro atoms. The largest absolute Gasteiger partial charge is 0.245 e. The Kier molecular flexibility index (Phi) is 3.73. The molecule has 0 aliphatic rings. The topological polar surface area (TPSA) is 49.6 Å². The SMILES string of the molecule is Cc1cccc(CSc2nccnc2C#N)c1. The summed E-state index contributed by atoms with van der Waals surface area (Å²) in [4.78, 5) is 8.15. The van der Waals surface area contributed by atoms with Gasteiger partial charge in [-0.15, -0.1) is 0 Å². The van der Waals surface area contributed by atoms with E-state index in [1.165, 1.54) is 29.1 Å². The highest BCUT2D eigenvalue weighted by Crippen LogP contribution is 2.22. The van der Waals surface area contributed by atoms with Gasteiger partial charge >= 0.3 is 0 Å². The first-order chi connectivity index (χ1) is 8.29. The van der Waals surface area contributed by atoms with Gasteiger partial charge in [-0.05, 0) is 12.5 Å². The second-order valence-electron chi connectivity index (χ2n) is 3.60. The van der Waals surface area contributed by atoms with Crippen LogP contribution in [0.5, 0.6) is 0 Å². The molecule has 84 valence electrons. The molecule has 0 N–H and O–H groups in total. The zero-order chi connectivity index (χ0) is 12.1. The van der Waals surface area contributed by atoms with Crippen LogP contribution in [0.15, 0.2) is 41.7 Å². The van der Waals surface area contributed by atoms with Crippen LogP contribution in [0.2, 0.25) is 0 Å². The highest BCUT2D eigenvalue weighted by molar-refractivity contribution is 7.98. The first-order valence-electron chi connectivity index (χ1n) is 5.19. The molecule has 0 saturated heterocycles. The molecule has 0 unspecified atom stereocenters. The predicted octanol–water partition coefficient (Wildman–Crippen LogP) is 2.95. The monoisotopic (exact) mass is 241 g/mol. The third-order valence-corrected chi connectivity index (χ3v) is 3.28. The average Bonchev–Trinajstić information content (AvgIpc) is 2.37. The first-order valence-corrected chi connectivity index (χ1v) is 6.17. The maximum Gasteiger partial charge on any atom is 0.172 e. The molecule has 4 heteroatoms. The molecule has 1 heterocycles. The molecule has 1 aromatic heterocycles. The van der Waals surface area contributed by atoms with E-state index in [0.717, 1.165) is 5.75 Å². The van der Waals surface area contributed by atoms with Gasteiger partial charge < -0.3 is 0 Å². The number of hydrogen-bond donors (Lipinski definition) is 0. The van der Waals surface area contributed by atoms with Crippen molar-refractivity contribution in [3.05, 3.63) is 53.5 Å². The first kappa shape index (κ1) is 11.6. The zero-order valence-electron chi connectivity index (χ0n) is 9.42. The molecule has 0 aliphatic carbocycles. The molecular weight excluding hydrogens is 230 g/mol. The molecule has 0 amide bonds. The predicted molar refractivity (Wildman–Crippen MR) is 67.5 cm³/mol. The van der Waals surface area contributed by atoms with Crippen molar-refractivity contribution in [3.8, 4) is 6.07 Å². The van der Waals surface area contributed by atoms with Gasteiger partial charge in [-0.3, -0.25) is 0 Å². The third kappa shape index (κ3) is 3.05. The molecule has 0 radical (unpaired) electrons. The van der Waals surface area contributed by atoms with Gasteiger partial charge in [0.25, 0.3) is 0 Å². The molecule has 0 aliphatic heterocycles. The Hall–Kier alpha value is -1.86. The fraction of sp³-hybridized carbons (Fsp3) is 0.154. The Bertz CT molecular complexity index is 561. The number of hydrogen-bond acceptors (Lipinski definition) is 4. The zero-order valence-corrected chi connectivity index (χ0v) is 10.2. The smallest absolute Gasteiger partial charge is 0.172 e. The number of rotatable bonds is 3. The van der Waals surface area contributed by atoms with Crippen LogP contribution in [0.3, 0.4) is 0 Å². The van der Waals surface area contributed by atoms with Crippen molar-refractivity contribution in [2.75, 3.05) is 0 Å². The van der Waals surface area contributed by atoms with Gasteiger partial charge in [0.1, 0.15) is 11.1 Å². The summed E-state index contributed by atoms with van der Waals surface area (Å²) in [6.07, 6.45) is 3.15. The van der Waals surface area contributed by atoms with Gasteiger partial charge in [-0.1, -0.05) is 41.6 Å². The van der Waals surface area contributed by atoms with Gasteiger partial charge in [-0.2, -0.15) is 5.26 Å². The lowest BCUT2D eigenvalue weighted by Crippen LogP contribution is -1.90. The molecule has 0 bridgehead atoms. The molecule has 2 rings (SSSR count). The molecular formula is C13H11N3S. The quantitative estimate of drug-likeness (QED) is 0.775. The summed E-state index contributed by atoms with van der Waals surface area (Å²) < 4.78 is 0. The maximum absolute atomic E-state index is 8.89. The Morgan fingerprint density at radius 1 is 1.29 bits per heavy atom. The normalized spacial score (nSPS) is 9.88. The summed E-state index contributed by atoms with van der Waals surface area (Å²) >= 11 is 1.54. The van der Waals surface area contributed by atoms with Crippen LogP contribution in [-0.2, 0) is 5.75 Å². The molecule has 0 atom stereocenters. The van der Waals surface area contributed by atoms with Gasteiger partial charge in [0.15, 0.2) is 5.69 Å². The lowest BCUT2D eigenvalue weighted by atomic mass is 10.2. The fourth-order valence-corrected chi connectivity index (χ4v) is 2.31. The van der Waals surface area contributed by atoms with Crippen LogP contribution in [0.1, 0.15) is 16.8 Å². The van der Waals surface area contributed by atoms with E-state index in [2.05, 4.69) is 35.1 Å². The molecule has 2 aromatic rings. The number of aryl methyl sites for hydroxylation is 1. The van der Waals surface area contributed by atoms with E-state index in [-0.39, 0.29) is 0 Å². The lowest BCUT2D eigenvalue weighted by Gasteiger charge is -2.03.